The van der Waals surface area contributed by atoms with Crippen molar-refractivity contribution in [2.24, 2.45) is 0 Å². The molecular weight excluding hydrogens is 230 g/mol. The lowest BCUT2D eigenvalue weighted by molar-refractivity contribution is 0.500. The largest absolute Gasteiger partial charge is 0.316 e. The summed E-state index contributed by atoms with van der Waals surface area (Å²) in [4.78, 5) is 0.972. The maximum absolute atomic E-state index is 12.6. The minimum Gasteiger partial charge on any atom is -0.316 e. The highest BCUT2D eigenvalue weighted by Crippen LogP contribution is 2.25. The molecule has 0 saturated heterocycles. The monoisotopic (exact) mass is 251 g/mol. The van der Waals surface area contributed by atoms with Crippen LogP contribution < -0.4 is 5.32 Å². The van der Waals surface area contributed by atoms with Crippen LogP contribution in [0.1, 0.15) is 32.1 Å². The maximum atomic E-state index is 12.6. The van der Waals surface area contributed by atoms with Gasteiger partial charge in [0.1, 0.15) is 0 Å². The molecule has 0 aliphatic heterocycles. The lowest BCUT2D eigenvalue weighted by Crippen LogP contribution is -2.39. The summed E-state index contributed by atoms with van der Waals surface area (Å²) in [7, 11) is 1.12. The van der Waals surface area contributed by atoms with Gasteiger partial charge in [0, 0.05) is 10.9 Å². The summed E-state index contributed by atoms with van der Waals surface area (Å²) in [6, 6.07) is 10.3. The molecule has 3 atom stereocenters. The normalized spacial score (nSPS) is 27.4. The molecule has 0 spiro atoms. The number of rotatable bonds is 3. The zero-order chi connectivity index (χ0) is 12.1. The van der Waals surface area contributed by atoms with Crippen LogP contribution in [0, 0.1) is 0 Å². The molecule has 0 aromatic heterocycles. The molecule has 1 N–H and O–H groups in total. The van der Waals surface area contributed by atoms with Crippen LogP contribution in [0.25, 0.3) is 0 Å². The summed E-state index contributed by atoms with van der Waals surface area (Å²) in [5, 5.41) is 3.62. The SMILES string of the molecule is CNC1CCCCCC1S(=O)c1ccccc1. The van der Waals surface area contributed by atoms with Crippen LogP contribution >= 0.6 is 0 Å². The van der Waals surface area contributed by atoms with Crippen molar-refractivity contribution in [3.63, 3.8) is 0 Å². The minimum absolute atomic E-state index is 0.268. The first-order valence-electron chi connectivity index (χ1n) is 6.46. The van der Waals surface area contributed by atoms with Gasteiger partial charge in [-0.2, -0.15) is 0 Å². The van der Waals surface area contributed by atoms with Crippen LogP contribution in [0.5, 0.6) is 0 Å². The van der Waals surface area contributed by atoms with E-state index in [0.717, 1.165) is 17.7 Å². The summed E-state index contributed by atoms with van der Waals surface area (Å²) in [5.74, 6) is 0. The standard InChI is InChI=1S/C14H21NOS/c1-15-13-10-6-3-7-11-14(13)17(16)12-8-4-2-5-9-12/h2,4-5,8-9,13-15H,3,6-7,10-11H2,1H3. The molecule has 2 nitrogen and oxygen atoms in total. The Bertz CT molecular complexity index is 366. The van der Waals surface area contributed by atoms with E-state index in [0.29, 0.717) is 6.04 Å². The molecule has 17 heavy (non-hydrogen) atoms. The van der Waals surface area contributed by atoms with Gasteiger partial charge in [-0.25, -0.2) is 0 Å². The van der Waals surface area contributed by atoms with E-state index in [1.54, 1.807) is 0 Å². The van der Waals surface area contributed by atoms with E-state index in [9.17, 15) is 4.21 Å². The van der Waals surface area contributed by atoms with Gasteiger partial charge in [0.05, 0.1) is 16.0 Å². The molecule has 1 aliphatic rings. The second-order valence-corrected chi connectivity index (χ2v) is 6.35. The third-order valence-electron chi connectivity index (χ3n) is 3.57. The molecule has 0 heterocycles. The highest BCUT2D eigenvalue weighted by atomic mass is 32.2. The Labute approximate surface area is 106 Å². The van der Waals surface area contributed by atoms with E-state index in [2.05, 4.69) is 5.32 Å². The van der Waals surface area contributed by atoms with Gasteiger partial charge in [-0.3, -0.25) is 4.21 Å². The van der Waals surface area contributed by atoms with Crippen LogP contribution in [0.2, 0.25) is 0 Å². The first kappa shape index (κ1) is 12.8. The van der Waals surface area contributed by atoms with Crippen molar-refractivity contribution in [2.45, 2.75) is 48.3 Å². The molecule has 1 fully saturated rings. The van der Waals surface area contributed by atoms with Crippen molar-refractivity contribution in [3.05, 3.63) is 30.3 Å². The van der Waals surface area contributed by atoms with Crippen LogP contribution in [-0.4, -0.2) is 22.5 Å². The molecule has 94 valence electrons. The number of hydrogen-bond donors (Lipinski definition) is 1. The Hall–Kier alpha value is -0.670. The number of benzene rings is 1. The van der Waals surface area contributed by atoms with Crippen molar-refractivity contribution in [1.82, 2.24) is 5.32 Å². The molecule has 0 bridgehead atoms. The van der Waals surface area contributed by atoms with Gasteiger partial charge in [-0.15, -0.1) is 0 Å². The average molecular weight is 251 g/mol. The zero-order valence-electron chi connectivity index (χ0n) is 10.4. The van der Waals surface area contributed by atoms with Crippen LogP contribution in [0.4, 0.5) is 0 Å². The highest BCUT2D eigenvalue weighted by Gasteiger charge is 2.28. The number of nitrogens with one attached hydrogen (secondary N) is 1. The molecule has 1 aliphatic carbocycles. The molecule has 1 aromatic carbocycles. The predicted molar refractivity (Wildman–Crippen MR) is 72.6 cm³/mol. The van der Waals surface area contributed by atoms with E-state index < -0.39 is 10.8 Å². The Morgan fingerprint density at radius 2 is 1.82 bits per heavy atom. The number of hydrogen-bond acceptors (Lipinski definition) is 2. The Morgan fingerprint density at radius 1 is 1.12 bits per heavy atom. The van der Waals surface area contributed by atoms with E-state index >= 15 is 0 Å². The molecule has 0 amide bonds. The fourth-order valence-corrected chi connectivity index (χ4v) is 4.32. The smallest absolute Gasteiger partial charge is 0.0576 e. The van der Waals surface area contributed by atoms with Crippen LogP contribution in [0.3, 0.4) is 0 Å². The molecule has 0 radical (unpaired) electrons. The second-order valence-electron chi connectivity index (χ2n) is 4.68. The zero-order valence-corrected chi connectivity index (χ0v) is 11.2. The molecule has 1 aromatic rings. The fraction of sp³-hybridized carbons (Fsp3) is 0.571. The predicted octanol–water partition coefficient (Wildman–Crippen LogP) is 2.71. The summed E-state index contributed by atoms with van der Waals surface area (Å²) in [6.07, 6.45) is 5.98. The minimum atomic E-state index is -0.873. The quantitative estimate of drug-likeness (QED) is 0.837. The summed E-state index contributed by atoms with van der Waals surface area (Å²) in [6.45, 7) is 0. The van der Waals surface area contributed by atoms with E-state index in [4.69, 9.17) is 0 Å². The Morgan fingerprint density at radius 3 is 2.53 bits per heavy atom. The van der Waals surface area contributed by atoms with Crippen molar-refractivity contribution in [1.29, 1.82) is 0 Å². The van der Waals surface area contributed by atoms with E-state index in [1.165, 1.54) is 19.3 Å². The van der Waals surface area contributed by atoms with E-state index in [-0.39, 0.29) is 5.25 Å². The van der Waals surface area contributed by atoms with Gasteiger partial charge in [-0.1, -0.05) is 37.5 Å². The molecule has 1 saturated carbocycles. The summed E-state index contributed by atoms with van der Waals surface area (Å²) >= 11 is 0. The molecule has 3 unspecified atom stereocenters. The fourth-order valence-electron chi connectivity index (χ4n) is 2.59. The van der Waals surface area contributed by atoms with Crippen molar-refractivity contribution in [3.8, 4) is 0 Å². The van der Waals surface area contributed by atoms with Crippen molar-refractivity contribution >= 4 is 10.8 Å². The molecule has 3 heteroatoms. The first-order valence-corrected chi connectivity index (χ1v) is 7.67. The maximum Gasteiger partial charge on any atom is 0.0576 e. The van der Waals surface area contributed by atoms with Gasteiger partial charge in [0.15, 0.2) is 0 Å². The molecular formula is C14H21NOS. The molecule has 2 rings (SSSR count). The van der Waals surface area contributed by atoms with Gasteiger partial charge in [0.2, 0.25) is 0 Å². The van der Waals surface area contributed by atoms with Gasteiger partial charge < -0.3 is 5.32 Å². The van der Waals surface area contributed by atoms with Crippen LogP contribution in [-0.2, 0) is 10.8 Å². The third kappa shape index (κ3) is 3.17. The summed E-state index contributed by atoms with van der Waals surface area (Å²) in [5.41, 5.74) is 0. The lowest BCUT2D eigenvalue weighted by Gasteiger charge is -2.24. The third-order valence-corrected chi connectivity index (χ3v) is 5.42. The second kappa shape index (κ2) is 6.31. The van der Waals surface area contributed by atoms with Gasteiger partial charge >= 0.3 is 0 Å². The highest BCUT2D eigenvalue weighted by molar-refractivity contribution is 7.85. The van der Waals surface area contributed by atoms with Crippen molar-refractivity contribution in [2.75, 3.05) is 7.05 Å². The van der Waals surface area contributed by atoms with E-state index in [1.807, 2.05) is 37.4 Å². The van der Waals surface area contributed by atoms with Crippen molar-refractivity contribution < 1.29 is 4.21 Å². The van der Waals surface area contributed by atoms with Gasteiger partial charge in [0.25, 0.3) is 0 Å². The Kier molecular flexibility index (Phi) is 4.75. The average Bonchev–Trinajstić information content (AvgIpc) is 2.64. The van der Waals surface area contributed by atoms with Gasteiger partial charge in [-0.05, 0) is 32.0 Å². The van der Waals surface area contributed by atoms with Crippen LogP contribution in [0.15, 0.2) is 35.2 Å². The lowest BCUT2D eigenvalue weighted by atomic mass is 10.1. The topological polar surface area (TPSA) is 29.1 Å². The first-order chi connectivity index (χ1) is 8.33. The Balaban J connectivity index is 2.16. The summed E-state index contributed by atoms with van der Waals surface area (Å²) < 4.78 is 12.6.